The molecule has 132 valence electrons. The lowest BCUT2D eigenvalue weighted by atomic mass is 10.0. The highest BCUT2D eigenvalue weighted by molar-refractivity contribution is 5.91. The van der Waals surface area contributed by atoms with E-state index in [1.807, 2.05) is 35.2 Å². The number of anilines is 1. The molecule has 1 aliphatic rings. The lowest BCUT2D eigenvalue weighted by Crippen LogP contribution is -2.46. The van der Waals surface area contributed by atoms with Gasteiger partial charge in [0.1, 0.15) is 5.75 Å². The van der Waals surface area contributed by atoms with Crippen LogP contribution in [0.15, 0.2) is 48.8 Å². The van der Waals surface area contributed by atoms with Crippen LogP contribution in [0.2, 0.25) is 0 Å². The molecular formula is C19H23N3O3. The Morgan fingerprint density at radius 1 is 1.28 bits per heavy atom. The number of carbonyl (C=O) groups excluding carboxylic acids is 1. The topological polar surface area (TPSA) is 74.7 Å². The molecule has 1 fully saturated rings. The fraction of sp³-hybridized carbons (Fsp3) is 0.368. The Labute approximate surface area is 147 Å². The molecule has 1 atom stereocenters. The first-order chi connectivity index (χ1) is 12.3. The number of pyridine rings is 1. The van der Waals surface area contributed by atoms with Gasteiger partial charge in [-0.2, -0.15) is 0 Å². The van der Waals surface area contributed by atoms with E-state index in [0.717, 1.165) is 19.3 Å². The van der Waals surface area contributed by atoms with Crippen LogP contribution < -0.4 is 10.1 Å². The monoisotopic (exact) mass is 341 g/mol. The molecule has 1 saturated heterocycles. The summed E-state index contributed by atoms with van der Waals surface area (Å²) in [6.07, 6.45) is 6.93. The van der Waals surface area contributed by atoms with Crippen molar-refractivity contribution in [1.82, 2.24) is 9.88 Å². The molecule has 0 spiro atoms. The summed E-state index contributed by atoms with van der Waals surface area (Å²) < 4.78 is 5.84. The quantitative estimate of drug-likeness (QED) is 0.870. The van der Waals surface area contributed by atoms with Gasteiger partial charge in [0.15, 0.2) is 5.75 Å². The van der Waals surface area contributed by atoms with Crippen LogP contribution in [0.25, 0.3) is 0 Å². The van der Waals surface area contributed by atoms with Crippen molar-refractivity contribution in [2.45, 2.75) is 31.7 Å². The van der Waals surface area contributed by atoms with Gasteiger partial charge in [-0.3, -0.25) is 4.98 Å². The fourth-order valence-corrected chi connectivity index (χ4v) is 3.10. The number of amides is 2. The third-order valence-electron chi connectivity index (χ3n) is 4.34. The van der Waals surface area contributed by atoms with Crippen molar-refractivity contribution in [2.24, 2.45) is 0 Å². The van der Waals surface area contributed by atoms with Crippen molar-refractivity contribution in [1.29, 1.82) is 0 Å². The molecule has 1 aromatic carbocycles. The predicted molar refractivity (Wildman–Crippen MR) is 95.8 cm³/mol. The first-order valence-electron chi connectivity index (χ1n) is 8.63. The number of aliphatic hydroxyl groups excluding tert-OH is 1. The minimum atomic E-state index is -0.152. The van der Waals surface area contributed by atoms with E-state index in [4.69, 9.17) is 4.74 Å². The van der Waals surface area contributed by atoms with Crippen molar-refractivity contribution in [3.8, 4) is 11.5 Å². The van der Waals surface area contributed by atoms with Crippen LogP contribution in [0.4, 0.5) is 10.5 Å². The maximum atomic E-state index is 12.7. The molecule has 0 unspecified atom stereocenters. The van der Waals surface area contributed by atoms with Crippen molar-refractivity contribution in [2.75, 3.05) is 18.5 Å². The molecule has 2 aromatic rings. The summed E-state index contributed by atoms with van der Waals surface area (Å²) in [4.78, 5) is 18.6. The number of ether oxygens (including phenoxy) is 1. The van der Waals surface area contributed by atoms with E-state index in [1.54, 1.807) is 18.5 Å². The number of nitrogens with zero attached hydrogens (tertiary/aromatic N) is 2. The summed E-state index contributed by atoms with van der Waals surface area (Å²) in [7, 11) is 0. The van der Waals surface area contributed by atoms with Gasteiger partial charge in [0.05, 0.1) is 11.9 Å². The Bertz CT molecular complexity index is 691. The van der Waals surface area contributed by atoms with Crippen LogP contribution in [-0.4, -0.2) is 40.2 Å². The minimum Gasteiger partial charge on any atom is -0.454 e. The number of urea groups is 1. The van der Waals surface area contributed by atoms with Crippen molar-refractivity contribution >= 4 is 11.7 Å². The van der Waals surface area contributed by atoms with Gasteiger partial charge in [-0.15, -0.1) is 0 Å². The van der Waals surface area contributed by atoms with Gasteiger partial charge in [-0.25, -0.2) is 4.79 Å². The van der Waals surface area contributed by atoms with E-state index in [9.17, 15) is 9.90 Å². The Morgan fingerprint density at radius 2 is 2.16 bits per heavy atom. The van der Waals surface area contributed by atoms with Crippen LogP contribution in [0.5, 0.6) is 11.5 Å². The molecule has 6 heteroatoms. The lowest BCUT2D eigenvalue weighted by Gasteiger charge is -2.35. The minimum absolute atomic E-state index is 0.0881. The number of aliphatic hydroxyl groups is 1. The van der Waals surface area contributed by atoms with Gasteiger partial charge in [0.25, 0.3) is 0 Å². The number of para-hydroxylation sites is 2. The molecule has 3 rings (SSSR count). The van der Waals surface area contributed by atoms with Crippen molar-refractivity contribution in [3.63, 3.8) is 0 Å². The number of likely N-dealkylation sites (tertiary alicyclic amines) is 1. The summed E-state index contributed by atoms with van der Waals surface area (Å²) in [5.74, 6) is 1.18. The van der Waals surface area contributed by atoms with E-state index in [2.05, 4.69) is 10.3 Å². The SMILES string of the molecule is O=C(Nc1ccccc1Oc1cccnc1)N1CCCC[C@@H]1CCO. The molecule has 1 aliphatic heterocycles. The van der Waals surface area contributed by atoms with Gasteiger partial charge >= 0.3 is 6.03 Å². The molecule has 2 heterocycles. The number of hydrogen-bond acceptors (Lipinski definition) is 4. The highest BCUT2D eigenvalue weighted by Gasteiger charge is 2.26. The normalized spacial score (nSPS) is 17.2. The first kappa shape index (κ1) is 17.2. The molecule has 0 radical (unpaired) electrons. The molecule has 25 heavy (non-hydrogen) atoms. The molecule has 1 aromatic heterocycles. The molecule has 0 bridgehead atoms. The summed E-state index contributed by atoms with van der Waals surface area (Å²) in [6.45, 7) is 0.803. The standard InChI is InChI=1S/C19H23N3O3/c23-13-10-15-6-3-4-12-22(15)19(24)21-17-8-1-2-9-18(17)25-16-7-5-11-20-14-16/h1-2,5,7-9,11,14-15,23H,3-4,6,10,12-13H2,(H,21,24)/t15-/m1/s1. The summed E-state index contributed by atoms with van der Waals surface area (Å²) in [6, 6.07) is 10.9. The number of carbonyl (C=O) groups is 1. The van der Waals surface area contributed by atoms with E-state index in [0.29, 0.717) is 30.2 Å². The number of aromatic nitrogens is 1. The van der Waals surface area contributed by atoms with E-state index in [-0.39, 0.29) is 18.7 Å². The number of benzene rings is 1. The fourth-order valence-electron chi connectivity index (χ4n) is 3.10. The van der Waals surface area contributed by atoms with E-state index in [1.165, 1.54) is 0 Å². The summed E-state index contributed by atoms with van der Waals surface area (Å²) >= 11 is 0. The smallest absolute Gasteiger partial charge is 0.322 e. The number of rotatable bonds is 5. The largest absolute Gasteiger partial charge is 0.454 e. The Balaban J connectivity index is 1.72. The van der Waals surface area contributed by atoms with Gasteiger partial charge < -0.3 is 20.1 Å². The van der Waals surface area contributed by atoms with Crippen molar-refractivity contribution in [3.05, 3.63) is 48.8 Å². The van der Waals surface area contributed by atoms with Gasteiger partial charge in [0, 0.05) is 25.4 Å². The Hall–Kier alpha value is -2.60. The Morgan fingerprint density at radius 3 is 2.96 bits per heavy atom. The second-order valence-corrected chi connectivity index (χ2v) is 6.07. The van der Waals surface area contributed by atoms with Crippen LogP contribution in [0.1, 0.15) is 25.7 Å². The number of piperidine rings is 1. The zero-order valence-electron chi connectivity index (χ0n) is 14.1. The zero-order chi connectivity index (χ0) is 17.5. The third-order valence-corrected chi connectivity index (χ3v) is 4.34. The maximum Gasteiger partial charge on any atom is 0.322 e. The number of nitrogens with one attached hydrogen (secondary N) is 1. The second kappa shape index (κ2) is 8.48. The Kier molecular flexibility index (Phi) is 5.85. The van der Waals surface area contributed by atoms with E-state index >= 15 is 0 Å². The molecule has 2 N–H and O–H groups in total. The van der Waals surface area contributed by atoms with Crippen LogP contribution >= 0.6 is 0 Å². The summed E-state index contributed by atoms with van der Waals surface area (Å²) in [5, 5.41) is 12.2. The molecule has 6 nitrogen and oxygen atoms in total. The van der Waals surface area contributed by atoms with Gasteiger partial charge in [0.2, 0.25) is 0 Å². The average Bonchev–Trinajstić information content (AvgIpc) is 2.65. The lowest BCUT2D eigenvalue weighted by molar-refractivity contribution is 0.141. The highest BCUT2D eigenvalue weighted by atomic mass is 16.5. The third kappa shape index (κ3) is 4.48. The zero-order valence-corrected chi connectivity index (χ0v) is 14.1. The second-order valence-electron chi connectivity index (χ2n) is 6.07. The maximum absolute atomic E-state index is 12.7. The first-order valence-corrected chi connectivity index (χ1v) is 8.63. The summed E-state index contributed by atoms with van der Waals surface area (Å²) in [5.41, 5.74) is 0.615. The predicted octanol–water partition coefficient (Wildman–Crippen LogP) is 3.64. The van der Waals surface area contributed by atoms with Crippen molar-refractivity contribution < 1.29 is 14.6 Å². The van der Waals surface area contributed by atoms with Gasteiger partial charge in [-0.1, -0.05) is 12.1 Å². The van der Waals surface area contributed by atoms with Gasteiger partial charge in [-0.05, 0) is 49.9 Å². The molecule has 0 saturated carbocycles. The highest BCUT2D eigenvalue weighted by Crippen LogP contribution is 2.29. The van der Waals surface area contributed by atoms with Crippen LogP contribution in [-0.2, 0) is 0 Å². The van der Waals surface area contributed by atoms with Crippen LogP contribution in [0.3, 0.4) is 0 Å². The average molecular weight is 341 g/mol. The molecule has 0 aliphatic carbocycles. The van der Waals surface area contributed by atoms with E-state index < -0.39 is 0 Å². The van der Waals surface area contributed by atoms with Crippen LogP contribution in [0, 0.1) is 0 Å². The molecule has 2 amide bonds. The molecular weight excluding hydrogens is 318 g/mol. The number of hydrogen-bond donors (Lipinski definition) is 2.